The molecular formula is C21H20N2O4S. The number of aromatic hydroxyl groups is 1. The number of ether oxygens (including phenoxy) is 1. The van der Waals surface area contributed by atoms with E-state index in [2.05, 4.69) is 9.71 Å². The van der Waals surface area contributed by atoms with Crippen molar-refractivity contribution in [2.24, 2.45) is 4.99 Å². The largest absolute Gasteiger partial charge is 0.504 e. The summed E-state index contributed by atoms with van der Waals surface area (Å²) < 4.78 is 33.0. The smallest absolute Gasteiger partial charge is 0.261 e. The number of hydrogen-bond acceptors (Lipinski definition) is 5. The molecule has 0 aliphatic carbocycles. The Morgan fingerprint density at radius 2 is 1.71 bits per heavy atom. The van der Waals surface area contributed by atoms with Gasteiger partial charge in [-0.05, 0) is 43.3 Å². The zero-order chi connectivity index (χ0) is 20.1. The van der Waals surface area contributed by atoms with Crippen molar-refractivity contribution < 1.29 is 18.3 Å². The number of aliphatic imine (C=N–C) groups is 1. The fraction of sp³-hybridized carbons (Fsp3) is 0.0952. The molecule has 0 heterocycles. The van der Waals surface area contributed by atoms with Crippen LogP contribution in [0.2, 0.25) is 0 Å². The molecule has 3 aromatic rings. The van der Waals surface area contributed by atoms with Crippen LogP contribution in [0, 0.1) is 6.92 Å². The molecule has 0 aliphatic heterocycles. The molecule has 3 aromatic carbocycles. The maximum Gasteiger partial charge on any atom is 0.261 e. The van der Waals surface area contributed by atoms with E-state index in [9.17, 15) is 13.5 Å². The lowest BCUT2D eigenvalue weighted by Crippen LogP contribution is -2.13. The molecule has 0 saturated carbocycles. The van der Waals surface area contributed by atoms with Gasteiger partial charge in [0.15, 0.2) is 11.5 Å². The van der Waals surface area contributed by atoms with Crippen LogP contribution < -0.4 is 9.46 Å². The normalized spacial score (nSPS) is 11.5. The van der Waals surface area contributed by atoms with Crippen LogP contribution in [0.1, 0.15) is 11.1 Å². The Kier molecular flexibility index (Phi) is 5.65. The summed E-state index contributed by atoms with van der Waals surface area (Å²) in [6.07, 6.45) is 1.46. The van der Waals surface area contributed by atoms with Crippen LogP contribution >= 0.6 is 0 Å². The molecule has 3 rings (SSSR count). The van der Waals surface area contributed by atoms with E-state index in [0.717, 1.165) is 5.56 Å². The molecule has 0 saturated heterocycles. The highest BCUT2D eigenvalue weighted by molar-refractivity contribution is 7.92. The number of hydrogen-bond donors (Lipinski definition) is 2. The van der Waals surface area contributed by atoms with Crippen molar-refractivity contribution in [1.82, 2.24) is 0 Å². The zero-order valence-corrected chi connectivity index (χ0v) is 16.3. The first-order valence-electron chi connectivity index (χ1n) is 8.49. The summed E-state index contributed by atoms with van der Waals surface area (Å²) in [5, 5.41) is 10.2. The number of para-hydroxylation sites is 3. The molecule has 0 atom stereocenters. The number of nitrogens with zero attached hydrogens (tertiary/aromatic N) is 1. The van der Waals surface area contributed by atoms with Gasteiger partial charge >= 0.3 is 0 Å². The number of anilines is 1. The first kappa shape index (κ1) is 19.4. The predicted octanol–water partition coefficient (Wildman–Crippen LogP) is 4.26. The van der Waals surface area contributed by atoms with Crippen LogP contribution in [0.4, 0.5) is 11.4 Å². The highest BCUT2D eigenvalue weighted by atomic mass is 32.2. The molecule has 0 unspecified atom stereocenters. The van der Waals surface area contributed by atoms with Crippen molar-refractivity contribution in [3.63, 3.8) is 0 Å². The fourth-order valence-corrected chi connectivity index (χ4v) is 3.62. The van der Waals surface area contributed by atoms with E-state index < -0.39 is 10.0 Å². The van der Waals surface area contributed by atoms with Gasteiger partial charge in [-0.3, -0.25) is 9.71 Å². The Bertz CT molecular complexity index is 1110. The van der Waals surface area contributed by atoms with Crippen LogP contribution in [0.3, 0.4) is 0 Å². The Balaban J connectivity index is 1.91. The van der Waals surface area contributed by atoms with Gasteiger partial charge in [0.25, 0.3) is 10.0 Å². The molecule has 144 valence electrons. The number of sulfonamides is 1. The van der Waals surface area contributed by atoms with E-state index in [4.69, 9.17) is 4.74 Å². The lowest BCUT2D eigenvalue weighted by atomic mass is 10.2. The third-order valence-electron chi connectivity index (χ3n) is 4.07. The summed E-state index contributed by atoms with van der Waals surface area (Å²) in [5.74, 6) is 0.295. The van der Waals surface area contributed by atoms with Crippen molar-refractivity contribution >= 4 is 27.6 Å². The molecule has 28 heavy (non-hydrogen) atoms. The summed E-state index contributed by atoms with van der Waals surface area (Å²) in [7, 11) is -2.28. The lowest BCUT2D eigenvalue weighted by Gasteiger charge is -2.10. The van der Waals surface area contributed by atoms with E-state index in [1.54, 1.807) is 66.7 Å². The molecule has 0 aliphatic rings. The van der Waals surface area contributed by atoms with Crippen LogP contribution in [0.25, 0.3) is 0 Å². The third kappa shape index (κ3) is 4.32. The number of nitrogens with one attached hydrogen (secondary N) is 1. The maximum atomic E-state index is 12.7. The number of benzene rings is 3. The number of rotatable bonds is 6. The minimum Gasteiger partial charge on any atom is -0.504 e. The summed E-state index contributed by atoms with van der Waals surface area (Å²) in [4.78, 5) is 4.51. The Morgan fingerprint density at radius 1 is 1.00 bits per heavy atom. The highest BCUT2D eigenvalue weighted by Crippen LogP contribution is 2.30. The Hall–Kier alpha value is -3.32. The van der Waals surface area contributed by atoms with Gasteiger partial charge in [0.1, 0.15) is 0 Å². The van der Waals surface area contributed by atoms with Gasteiger partial charge in [0, 0.05) is 11.8 Å². The van der Waals surface area contributed by atoms with E-state index in [-0.39, 0.29) is 10.6 Å². The fourth-order valence-electron chi connectivity index (χ4n) is 2.54. The number of phenols is 1. The van der Waals surface area contributed by atoms with Crippen molar-refractivity contribution in [1.29, 1.82) is 0 Å². The lowest BCUT2D eigenvalue weighted by molar-refractivity contribution is 0.373. The molecule has 2 N–H and O–H groups in total. The Morgan fingerprint density at radius 3 is 2.43 bits per heavy atom. The molecule has 0 amide bonds. The molecular weight excluding hydrogens is 376 g/mol. The topological polar surface area (TPSA) is 88.0 Å². The van der Waals surface area contributed by atoms with E-state index in [1.807, 2.05) is 6.92 Å². The zero-order valence-electron chi connectivity index (χ0n) is 15.5. The molecule has 7 heteroatoms. The molecule has 6 nitrogen and oxygen atoms in total. The first-order chi connectivity index (χ1) is 13.4. The second-order valence-electron chi connectivity index (χ2n) is 6.09. The summed E-state index contributed by atoms with van der Waals surface area (Å²) in [6, 6.07) is 18.4. The molecule has 0 bridgehead atoms. The third-order valence-corrected chi connectivity index (χ3v) is 5.45. The SMILES string of the molecule is COc1cccc(C=Nc2ccccc2NS(=O)(=O)c2ccc(C)cc2)c1O. The molecule has 0 aromatic heterocycles. The monoisotopic (exact) mass is 396 g/mol. The molecule has 0 spiro atoms. The number of methoxy groups -OCH3 is 1. The van der Waals surface area contributed by atoms with E-state index in [0.29, 0.717) is 22.7 Å². The summed E-state index contributed by atoms with van der Waals surface area (Å²) in [6.45, 7) is 1.89. The van der Waals surface area contributed by atoms with Gasteiger partial charge in [-0.25, -0.2) is 8.42 Å². The van der Waals surface area contributed by atoms with Crippen molar-refractivity contribution in [2.75, 3.05) is 11.8 Å². The van der Waals surface area contributed by atoms with Gasteiger partial charge < -0.3 is 9.84 Å². The van der Waals surface area contributed by atoms with Gasteiger partial charge in [-0.2, -0.15) is 0 Å². The highest BCUT2D eigenvalue weighted by Gasteiger charge is 2.15. The van der Waals surface area contributed by atoms with Gasteiger partial charge in [0.05, 0.1) is 23.4 Å². The quantitative estimate of drug-likeness (QED) is 0.610. The van der Waals surface area contributed by atoms with Gasteiger partial charge in [0.2, 0.25) is 0 Å². The van der Waals surface area contributed by atoms with Gasteiger partial charge in [-0.1, -0.05) is 35.9 Å². The summed E-state index contributed by atoms with van der Waals surface area (Å²) in [5.41, 5.74) is 2.18. The van der Waals surface area contributed by atoms with Crippen LogP contribution in [-0.4, -0.2) is 26.8 Å². The number of phenolic OH excluding ortho intramolecular Hbond substituents is 1. The minimum atomic E-state index is -3.75. The van der Waals surface area contributed by atoms with E-state index in [1.165, 1.54) is 13.3 Å². The van der Waals surface area contributed by atoms with Crippen molar-refractivity contribution in [3.8, 4) is 11.5 Å². The minimum absolute atomic E-state index is 0.0357. The second kappa shape index (κ2) is 8.14. The second-order valence-corrected chi connectivity index (χ2v) is 7.77. The van der Waals surface area contributed by atoms with Crippen LogP contribution in [-0.2, 0) is 10.0 Å². The predicted molar refractivity (Wildman–Crippen MR) is 110 cm³/mol. The Labute approximate surface area is 164 Å². The van der Waals surface area contributed by atoms with Crippen molar-refractivity contribution in [3.05, 3.63) is 77.9 Å². The standard InChI is InChI=1S/C21H20N2O4S/c1-15-10-12-17(13-11-15)28(25,26)23-19-8-4-3-7-18(19)22-14-16-6-5-9-20(27-2)21(16)24/h3-14,23-24H,1-2H3. The van der Waals surface area contributed by atoms with Crippen LogP contribution in [0.15, 0.2) is 76.6 Å². The average molecular weight is 396 g/mol. The summed E-state index contributed by atoms with van der Waals surface area (Å²) >= 11 is 0. The van der Waals surface area contributed by atoms with Gasteiger partial charge in [-0.15, -0.1) is 0 Å². The molecule has 0 fully saturated rings. The molecule has 0 radical (unpaired) electrons. The van der Waals surface area contributed by atoms with Crippen LogP contribution in [0.5, 0.6) is 11.5 Å². The van der Waals surface area contributed by atoms with Crippen molar-refractivity contribution in [2.45, 2.75) is 11.8 Å². The van der Waals surface area contributed by atoms with E-state index >= 15 is 0 Å². The first-order valence-corrected chi connectivity index (χ1v) is 9.97. The maximum absolute atomic E-state index is 12.7. The number of aryl methyl sites for hydroxylation is 1. The average Bonchev–Trinajstić information content (AvgIpc) is 2.68.